The maximum Gasteiger partial charge on any atom is 0.269 e. The van der Waals surface area contributed by atoms with Gasteiger partial charge in [0.05, 0.1) is 23.8 Å². The zero-order valence-corrected chi connectivity index (χ0v) is 14.6. The number of hydrogen-bond donors (Lipinski definition) is 1. The lowest BCUT2D eigenvalue weighted by Crippen LogP contribution is -2.33. The highest BCUT2D eigenvalue weighted by Crippen LogP contribution is 2.12. The maximum atomic E-state index is 12.2. The lowest BCUT2D eigenvalue weighted by molar-refractivity contribution is -0.121. The van der Waals surface area contributed by atoms with Crippen molar-refractivity contribution in [2.45, 2.75) is 19.9 Å². The molecule has 0 saturated heterocycles. The van der Waals surface area contributed by atoms with Gasteiger partial charge in [0.2, 0.25) is 5.91 Å². The average Bonchev–Trinajstić information content (AvgIpc) is 2.64. The number of nitrogens with zero attached hydrogens (tertiary/aromatic N) is 2. The second-order valence-corrected chi connectivity index (χ2v) is 6.04. The van der Waals surface area contributed by atoms with Gasteiger partial charge in [-0.25, -0.2) is 4.98 Å². The van der Waals surface area contributed by atoms with Gasteiger partial charge in [-0.15, -0.1) is 0 Å². The number of aryl methyl sites for hydroxylation is 1. The molecule has 1 amide bonds. The highest BCUT2D eigenvalue weighted by molar-refractivity contribution is 5.79. The summed E-state index contributed by atoms with van der Waals surface area (Å²) in [7, 11) is 0. The van der Waals surface area contributed by atoms with Gasteiger partial charge in [0.15, 0.2) is 0 Å². The largest absolute Gasteiger partial charge is 0.494 e. The van der Waals surface area contributed by atoms with Crippen LogP contribution in [0.15, 0.2) is 59.5 Å². The first-order valence-corrected chi connectivity index (χ1v) is 8.54. The summed E-state index contributed by atoms with van der Waals surface area (Å²) in [5.41, 5.74) is 2.19. The first kappa shape index (κ1) is 17.7. The molecule has 0 aliphatic heterocycles. The molecule has 0 radical (unpaired) electrons. The predicted octanol–water partition coefficient (Wildman–Crippen LogP) is 2.29. The van der Waals surface area contributed by atoms with Crippen molar-refractivity contribution in [2.75, 3.05) is 13.2 Å². The van der Waals surface area contributed by atoms with Crippen LogP contribution in [-0.4, -0.2) is 28.6 Å². The van der Waals surface area contributed by atoms with Crippen molar-refractivity contribution >= 4 is 16.9 Å². The molecule has 0 fully saturated rings. The monoisotopic (exact) mass is 351 g/mol. The van der Waals surface area contributed by atoms with E-state index in [0.717, 1.165) is 11.3 Å². The number of rotatable bonds is 7. The van der Waals surface area contributed by atoms with E-state index >= 15 is 0 Å². The van der Waals surface area contributed by atoms with Gasteiger partial charge >= 0.3 is 0 Å². The molecule has 3 rings (SSSR count). The summed E-state index contributed by atoms with van der Waals surface area (Å²) in [6.07, 6.45) is 1.93. The smallest absolute Gasteiger partial charge is 0.269 e. The Hall–Kier alpha value is -3.15. The summed E-state index contributed by atoms with van der Waals surface area (Å²) in [6.45, 7) is 2.99. The predicted molar refractivity (Wildman–Crippen MR) is 100 cm³/mol. The molecule has 0 bridgehead atoms. The van der Waals surface area contributed by atoms with Crippen LogP contribution in [0.4, 0.5) is 0 Å². The van der Waals surface area contributed by atoms with Crippen molar-refractivity contribution in [1.82, 2.24) is 14.9 Å². The van der Waals surface area contributed by atoms with Crippen LogP contribution in [0.3, 0.4) is 0 Å². The molecule has 6 heteroatoms. The standard InChI is InChI=1S/C20H21N3O3/c1-15-6-4-7-16(12-15)26-11-5-10-21-19(24)14-23-18-9-3-2-8-17(18)22-13-20(23)25/h2-4,6-9,12-13H,5,10-11,14H2,1H3,(H,21,24). The SMILES string of the molecule is Cc1cccc(OCCCNC(=O)Cn2c(=O)cnc3ccccc32)c1. The van der Waals surface area contributed by atoms with Crippen molar-refractivity contribution in [3.05, 3.63) is 70.6 Å². The molecule has 0 unspecified atom stereocenters. The van der Waals surface area contributed by atoms with Gasteiger partial charge in [0.25, 0.3) is 5.56 Å². The van der Waals surface area contributed by atoms with E-state index in [0.29, 0.717) is 30.6 Å². The molecule has 3 aromatic rings. The summed E-state index contributed by atoms with van der Waals surface area (Å²) in [4.78, 5) is 28.3. The van der Waals surface area contributed by atoms with Crippen molar-refractivity contribution < 1.29 is 9.53 Å². The fraction of sp³-hybridized carbons (Fsp3) is 0.250. The lowest BCUT2D eigenvalue weighted by Gasteiger charge is -2.10. The number of fused-ring (bicyclic) bond motifs is 1. The Balaban J connectivity index is 1.49. The van der Waals surface area contributed by atoms with Gasteiger partial charge in [0.1, 0.15) is 12.3 Å². The molecule has 26 heavy (non-hydrogen) atoms. The quantitative estimate of drug-likeness (QED) is 0.663. The van der Waals surface area contributed by atoms with E-state index < -0.39 is 0 Å². The van der Waals surface area contributed by atoms with Gasteiger partial charge in [0, 0.05) is 6.54 Å². The fourth-order valence-electron chi connectivity index (χ4n) is 2.67. The van der Waals surface area contributed by atoms with Gasteiger partial charge < -0.3 is 10.1 Å². The zero-order valence-electron chi connectivity index (χ0n) is 14.6. The highest BCUT2D eigenvalue weighted by Gasteiger charge is 2.08. The maximum absolute atomic E-state index is 12.2. The van der Waals surface area contributed by atoms with Gasteiger partial charge in [-0.3, -0.25) is 14.2 Å². The molecule has 2 aromatic carbocycles. The van der Waals surface area contributed by atoms with Crippen LogP contribution >= 0.6 is 0 Å². The van der Waals surface area contributed by atoms with E-state index in [2.05, 4.69) is 10.3 Å². The summed E-state index contributed by atoms with van der Waals surface area (Å²) < 4.78 is 7.08. The number of para-hydroxylation sites is 2. The van der Waals surface area contributed by atoms with E-state index in [1.807, 2.05) is 49.4 Å². The average molecular weight is 351 g/mol. The van der Waals surface area contributed by atoms with Crippen molar-refractivity contribution in [3.8, 4) is 5.75 Å². The number of benzene rings is 2. The fourth-order valence-corrected chi connectivity index (χ4v) is 2.67. The first-order chi connectivity index (χ1) is 12.6. The van der Waals surface area contributed by atoms with Crippen LogP contribution in [0.5, 0.6) is 5.75 Å². The molecule has 0 aliphatic carbocycles. The van der Waals surface area contributed by atoms with E-state index in [1.165, 1.54) is 10.8 Å². The minimum atomic E-state index is -0.290. The second kappa shape index (κ2) is 8.29. The van der Waals surface area contributed by atoms with Crippen LogP contribution in [0, 0.1) is 6.92 Å². The van der Waals surface area contributed by atoms with Gasteiger partial charge in [-0.2, -0.15) is 0 Å². The number of carbonyl (C=O) groups excluding carboxylic acids is 1. The minimum Gasteiger partial charge on any atom is -0.494 e. The summed E-state index contributed by atoms with van der Waals surface area (Å²) in [5.74, 6) is 0.616. The molecular weight excluding hydrogens is 330 g/mol. The van der Waals surface area contributed by atoms with Crippen LogP contribution in [0.1, 0.15) is 12.0 Å². The molecule has 0 aliphatic rings. The molecule has 0 saturated carbocycles. The summed E-state index contributed by atoms with van der Waals surface area (Å²) >= 11 is 0. The molecule has 0 spiro atoms. The van der Waals surface area contributed by atoms with Crippen molar-refractivity contribution in [3.63, 3.8) is 0 Å². The molecule has 1 heterocycles. The minimum absolute atomic E-state index is 0.0272. The number of carbonyl (C=O) groups is 1. The van der Waals surface area contributed by atoms with Crippen molar-refractivity contribution in [1.29, 1.82) is 0 Å². The number of amides is 1. The lowest BCUT2D eigenvalue weighted by atomic mass is 10.2. The normalized spacial score (nSPS) is 10.7. The van der Waals surface area contributed by atoms with E-state index in [4.69, 9.17) is 4.74 Å². The van der Waals surface area contributed by atoms with Crippen LogP contribution in [0.25, 0.3) is 11.0 Å². The second-order valence-electron chi connectivity index (χ2n) is 6.04. The number of aromatic nitrogens is 2. The van der Waals surface area contributed by atoms with Crippen LogP contribution in [0.2, 0.25) is 0 Å². The Bertz CT molecular complexity index is 966. The third-order valence-electron chi connectivity index (χ3n) is 3.96. The van der Waals surface area contributed by atoms with Crippen LogP contribution < -0.4 is 15.6 Å². The molecule has 1 N–H and O–H groups in total. The Labute approximate surface area is 151 Å². The highest BCUT2D eigenvalue weighted by atomic mass is 16.5. The summed E-state index contributed by atoms with van der Waals surface area (Å²) in [6, 6.07) is 15.1. The topological polar surface area (TPSA) is 73.2 Å². The number of nitrogens with one attached hydrogen (secondary N) is 1. The molecule has 6 nitrogen and oxygen atoms in total. The van der Waals surface area contributed by atoms with Crippen LogP contribution in [-0.2, 0) is 11.3 Å². The first-order valence-electron chi connectivity index (χ1n) is 8.54. The molecule has 0 atom stereocenters. The van der Waals surface area contributed by atoms with Crippen molar-refractivity contribution in [2.24, 2.45) is 0 Å². The molecule has 134 valence electrons. The summed E-state index contributed by atoms with van der Waals surface area (Å²) in [5, 5.41) is 2.82. The number of ether oxygens (including phenoxy) is 1. The Morgan fingerprint density at radius 2 is 2.04 bits per heavy atom. The number of hydrogen-bond acceptors (Lipinski definition) is 4. The van der Waals surface area contributed by atoms with E-state index in [1.54, 1.807) is 6.07 Å². The Morgan fingerprint density at radius 1 is 1.19 bits per heavy atom. The van der Waals surface area contributed by atoms with Gasteiger partial charge in [-0.1, -0.05) is 24.3 Å². The Kier molecular flexibility index (Phi) is 5.63. The Morgan fingerprint density at radius 3 is 2.88 bits per heavy atom. The van der Waals surface area contributed by atoms with E-state index in [-0.39, 0.29) is 18.0 Å². The zero-order chi connectivity index (χ0) is 18.4. The van der Waals surface area contributed by atoms with Gasteiger partial charge in [-0.05, 0) is 43.2 Å². The van der Waals surface area contributed by atoms with E-state index in [9.17, 15) is 9.59 Å². The third-order valence-corrected chi connectivity index (χ3v) is 3.96. The molecule has 1 aromatic heterocycles. The molecular formula is C20H21N3O3. The third kappa shape index (κ3) is 4.47.